The molecule has 8 nitrogen and oxygen atoms in total. The van der Waals surface area contributed by atoms with E-state index in [1.807, 2.05) is 0 Å². The number of nitrogens with two attached hydrogens (primary N) is 2. The van der Waals surface area contributed by atoms with Crippen molar-refractivity contribution in [1.29, 1.82) is 0 Å². The van der Waals surface area contributed by atoms with Crippen molar-refractivity contribution in [1.82, 2.24) is 0 Å². The first kappa shape index (κ1) is 11.4. The van der Waals surface area contributed by atoms with Crippen LogP contribution in [0.4, 0.5) is 5.69 Å². The van der Waals surface area contributed by atoms with Crippen LogP contribution in [0.5, 0.6) is 0 Å². The van der Waals surface area contributed by atoms with Crippen molar-refractivity contribution < 1.29 is 9.77 Å². The molecule has 1 aromatic rings. The molecule has 0 spiro atoms. The van der Waals surface area contributed by atoms with Gasteiger partial charge in [-0.25, -0.2) is 0 Å². The van der Waals surface area contributed by atoms with E-state index in [-0.39, 0.29) is 10.5 Å². The van der Waals surface area contributed by atoms with Gasteiger partial charge in [-0.3, -0.25) is 21.6 Å². The Bertz CT molecular complexity index is 447. The molecule has 0 aromatic heterocycles. The minimum Gasteiger partial charge on any atom is -0.722 e. The molecule has 0 bridgehead atoms. The summed E-state index contributed by atoms with van der Waals surface area (Å²) in [5.41, 5.74) is 10.4. The van der Waals surface area contributed by atoms with Gasteiger partial charge in [0.2, 0.25) is 0 Å². The number of hydrazone groups is 1. The summed E-state index contributed by atoms with van der Waals surface area (Å²) >= 11 is 0. The van der Waals surface area contributed by atoms with Crippen LogP contribution in [0.1, 0.15) is 5.56 Å². The molecule has 0 aliphatic heterocycles. The Hall–Kier alpha value is -2.64. The number of rotatable bonds is 3. The van der Waals surface area contributed by atoms with Crippen LogP contribution in [0.2, 0.25) is 0 Å². The molecule has 0 amide bonds. The average Bonchev–Trinajstić information content (AvgIpc) is 2.26. The Labute approximate surface area is 90.2 Å². The Balaban J connectivity index is 2.84. The molecular formula is C8H9N5O3. The number of nitro benzene ring substituents is 1. The van der Waals surface area contributed by atoms with Crippen LogP contribution >= 0.6 is 0 Å². The first-order chi connectivity index (χ1) is 7.50. The standard InChI is InChI=1S/C8H9N5O3/c9-8(10)12(14)11-5-6-1-3-7(4-2-6)13(15)16/h1-5H,9-10H2. The van der Waals surface area contributed by atoms with Gasteiger partial charge >= 0.3 is 5.96 Å². The highest BCUT2D eigenvalue weighted by molar-refractivity contribution is 5.79. The van der Waals surface area contributed by atoms with Gasteiger partial charge in [0, 0.05) is 12.1 Å². The fraction of sp³-hybridized carbons (Fsp3) is 0. The number of guanidine groups is 1. The van der Waals surface area contributed by atoms with Gasteiger partial charge in [-0.05, 0) is 17.7 Å². The van der Waals surface area contributed by atoms with Gasteiger partial charge < -0.3 is 5.21 Å². The molecule has 16 heavy (non-hydrogen) atoms. The van der Waals surface area contributed by atoms with Crippen molar-refractivity contribution in [2.75, 3.05) is 0 Å². The van der Waals surface area contributed by atoms with E-state index >= 15 is 0 Å². The number of hydrogen-bond donors (Lipinski definition) is 2. The topological polar surface area (TPSA) is 134 Å². The Morgan fingerprint density at radius 3 is 2.25 bits per heavy atom. The lowest BCUT2D eigenvalue weighted by molar-refractivity contribution is -0.463. The van der Waals surface area contributed by atoms with Crippen LogP contribution in [0, 0.1) is 15.3 Å². The molecule has 84 valence electrons. The van der Waals surface area contributed by atoms with Crippen LogP contribution in [0.15, 0.2) is 29.4 Å². The molecule has 0 saturated carbocycles. The Kier molecular flexibility index (Phi) is 3.38. The van der Waals surface area contributed by atoms with E-state index in [4.69, 9.17) is 11.5 Å². The largest absolute Gasteiger partial charge is 0.722 e. The molecule has 0 radical (unpaired) electrons. The van der Waals surface area contributed by atoms with Crippen LogP contribution in [-0.2, 0) is 0 Å². The van der Waals surface area contributed by atoms with Crippen molar-refractivity contribution in [2.24, 2.45) is 16.6 Å². The van der Waals surface area contributed by atoms with Gasteiger partial charge in [0.25, 0.3) is 5.69 Å². The van der Waals surface area contributed by atoms with E-state index in [1.165, 1.54) is 30.5 Å². The van der Waals surface area contributed by atoms with E-state index in [0.29, 0.717) is 5.56 Å². The molecule has 0 aliphatic rings. The quantitative estimate of drug-likeness (QED) is 0.181. The van der Waals surface area contributed by atoms with Crippen LogP contribution in [0.3, 0.4) is 0 Å². The van der Waals surface area contributed by atoms with Crippen LogP contribution in [0.25, 0.3) is 0 Å². The summed E-state index contributed by atoms with van der Waals surface area (Å²) < 4.78 is 0. The third kappa shape index (κ3) is 2.94. The third-order valence-electron chi connectivity index (χ3n) is 1.64. The van der Waals surface area contributed by atoms with Crippen molar-refractivity contribution >= 4 is 17.9 Å². The highest BCUT2D eigenvalue weighted by atomic mass is 16.6. The summed E-state index contributed by atoms with van der Waals surface area (Å²) in [6.45, 7) is 0. The molecular weight excluding hydrogens is 214 g/mol. The van der Waals surface area contributed by atoms with Crippen molar-refractivity contribution in [3.63, 3.8) is 0 Å². The number of hydrogen-bond acceptors (Lipinski definition) is 4. The molecule has 0 heterocycles. The lowest BCUT2D eigenvalue weighted by Gasteiger charge is -2.02. The lowest BCUT2D eigenvalue weighted by atomic mass is 10.2. The van der Waals surface area contributed by atoms with Gasteiger partial charge in [0.1, 0.15) is 0 Å². The Morgan fingerprint density at radius 1 is 1.25 bits per heavy atom. The predicted molar refractivity (Wildman–Crippen MR) is 57.7 cm³/mol. The zero-order chi connectivity index (χ0) is 12.1. The fourth-order valence-corrected chi connectivity index (χ4v) is 0.868. The van der Waals surface area contributed by atoms with Gasteiger partial charge in [0.05, 0.1) is 11.1 Å². The molecule has 8 heteroatoms. The molecule has 1 rings (SSSR count). The fourth-order valence-electron chi connectivity index (χ4n) is 0.868. The zero-order valence-corrected chi connectivity index (χ0v) is 8.11. The van der Waals surface area contributed by atoms with Crippen molar-refractivity contribution in [2.45, 2.75) is 0 Å². The smallest absolute Gasteiger partial charge is 0.366 e. The second-order valence-corrected chi connectivity index (χ2v) is 2.79. The second-order valence-electron chi connectivity index (χ2n) is 2.79. The zero-order valence-electron chi connectivity index (χ0n) is 8.11. The molecule has 0 fully saturated rings. The van der Waals surface area contributed by atoms with E-state index in [0.717, 1.165) is 0 Å². The summed E-state index contributed by atoms with van der Waals surface area (Å²) in [7, 11) is 0. The van der Waals surface area contributed by atoms with E-state index < -0.39 is 10.9 Å². The first-order valence-electron chi connectivity index (χ1n) is 4.14. The minimum atomic E-state index is -0.521. The second kappa shape index (κ2) is 4.73. The molecule has 1 aromatic carbocycles. The van der Waals surface area contributed by atoms with Crippen LogP contribution < -0.4 is 11.5 Å². The molecule has 0 aliphatic carbocycles. The maximum atomic E-state index is 10.8. The summed E-state index contributed by atoms with van der Waals surface area (Å²) in [6, 6.07) is 5.49. The van der Waals surface area contributed by atoms with Gasteiger partial charge in [-0.2, -0.15) is 0 Å². The summed E-state index contributed by atoms with van der Waals surface area (Å²) in [4.78, 5) is 9.87. The van der Waals surface area contributed by atoms with Gasteiger partial charge in [-0.15, -0.1) is 9.95 Å². The maximum Gasteiger partial charge on any atom is 0.366 e. The molecule has 0 atom stereocenters. The lowest BCUT2D eigenvalue weighted by Crippen LogP contribution is -2.30. The Morgan fingerprint density at radius 2 is 1.81 bits per heavy atom. The van der Waals surface area contributed by atoms with E-state index in [9.17, 15) is 15.3 Å². The van der Waals surface area contributed by atoms with E-state index in [1.54, 1.807) is 0 Å². The van der Waals surface area contributed by atoms with Crippen molar-refractivity contribution in [3.8, 4) is 0 Å². The maximum absolute atomic E-state index is 10.8. The molecule has 0 saturated heterocycles. The van der Waals surface area contributed by atoms with Crippen molar-refractivity contribution in [3.05, 3.63) is 45.2 Å². The molecule has 0 unspecified atom stereocenters. The van der Waals surface area contributed by atoms with Crippen LogP contribution in [-0.4, -0.2) is 21.9 Å². The average molecular weight is 223 g/mol. The predicted octanol–water partition coefficient (Wildman–Crippen LogP) is -0.288. The summed E-state index contributed by atoms with van der Waals surface area (Å²) in [5.74, 6) is -0.488. The van der Waals surface area contributed by atoms with Gasteiger partial charge in [0.15, 0.2) is 0 Å². The van der Waals surface area contributed by atoms with Gasteiger partial charge in [-0.1, -0.05) is 0 Å². The number of benzene rings is 1. The highest BCUT2D eigenvalue weighted by Crippen LogP contribution is 2.10. The minimum absolute atomic E-state index is 0.0407. The molecule has 4 N–H and O–H groups in total. The first-order valence-corrected chi connectivity index (χ1v) is 4.14. The third-order valence-corrected chi connectivity index (χ3v) is 1.64. The van der Waals surface area contributed by atoms with E-state index in [2.05, 4.69) is 5.10 Å². The normalized spacial score (nSPS) is 10.2. The SMILES string of the molecule is NC(N)=[N+]([O-])N=Cc1ccc([N+](=O)[O-])cc1. The monoisotopic (exact) mass is 223 g/mol. The highest BCUT2D eigenvalue weighted by Gasteiger charge is 2.02. The summed E-state index contributed by atoms with van der Waals surface area (Å²) in [5, 5.41) is 24.5. The number of non-ortho nitro benzene ring substituents is 1. The number of nitrogens with zero attached hydrogens (tertiary/aromatic N) is 3. The summed E-state index contributed by atoms with van der Waals surface area (Å²) in [6.07, 6.45) is 1.19. The number of nitro groups is 1.